The maximum Gasteiger partial charge on any atom is 0.119 e. The van der Waals surface area contributed by atoms with E-state index in [9.17, 15) is 5.11 Å². The smallest absolute Gasteiger partial charge is 0.119 e. The second-order valence-corrected chi connectivity index (χ2v) is 5.97. The first-order chi connectivity index (χ1) is 8.84. The highest BCUT2D eigenvalue weighted by atomic mass is 16.5. The molecule has 0 saturated heterocycles. The number of ether oxygens (including phenoxy) is 1. The molecular formula is C16H27NO2. The van der Waals surface area contributed by atoms with Crippen molar-refractivity contribution in [1.29, 1.82) is 0 Å². The maximum absolute atomic E-state index is 9.58. The van der Waals surface area contributed by atoms with E-state index in [0.717, 1.165) is 12.2 Å². The van der Waals surface area contributed by atoms with Crippen molar-refractivity contribution >= 4 is 0 Å². The van der Waals surface area contributed by atoms with E-state index in [-0.39, 0.29) is 18.2 Å². The maximum atomic E-state index is 9.58. The lowest BCUT2D eigenvalue weighted by atomic mass is 9.94. The number of aryl methyl sites for hydroxylation is 1. The monoisotopic (exact) mass is 265 g/mol. The van der Waals surface area contributed by atoms with Crippen molar-refractivity contribution in [3.8, 4) is 5.75 Å². The second-order valence-electron chi connectivity index (χ2n) is 5.97. The molecule has 0 aliphatic heterocycles. The average Bonchev–Trinajstić information content (AvgIpc) is 2.27. The Labute approximate surface area is 117 Å². The van der Waals surface area contributed by atoms with Crippen LogP contribution in [0.25, 0.3) is 0 Å². The number of benzene rings is 1. The highest BCUT2D eigenvalue weighted by Gasteiger charge is 2.27. The quantitative estimate of drug-likeness (QED) is 0.796. The van der Waals surface area contributed by atoms with E-state index in [1.54, 1.807) is 0 Å². The van der Waals surface area contributed by atoms with Gasteiger partial charge in [0.2, 0.25) is 0 Å². The molecule has 0 aromatic heterocycles. The summed E-state index contributed by atoms with van der Waals surface area (Å²) in [6, 6.07) is 8.38. The van der Waals surface area contributed by atoms with Crippen LogP contribution in [0, 0.1) is 6.92 Å². The summed E-state index contributed by atoms with van der Waals surface area (Å²) in [7, 11) is 0. The summed E-state index contributed by atoms with van der Waals surface area (Å²) in [5.74, 6) is 0.886. The van der Waals surface area contributed by atoms with E-state index < -0.39 is 0 Å². The Bertz CT molecular complexity index is 392. The molecule has 1 aromatic rings. The lowest BCUT2D eigenvalue weighted by molar-refractivity contribution is 0.104. The van der Waals surface area contributed by atoms with Crippen LogP contribution in [-0.2, 0) is 0 Å². The number of rotatable bonds is 7. The van der Waals surface area contributed by atoms with Gasteiger partial charge in [0.15, 0.2) is 0 Å². The molecule has 0 fully saturated rings. The first kappa shape index (κ1) is 16.0. The second kappa shape index (κ2) is 6.92. The van der Waals surface area contributed by atoms with Crippen LogP contribution in [0.5, 0.6) is 5.75 Å². The van der Waals surface area contributed by atoms with Crippen LogP contribution in [0.3, 0.4) is 0 Å². The lowest BCUT2D eigenvalue weighted by Crippen LogP contribution is -2.51. The molecule has 1 rings (SSSR count). The van der Waals surface area contributed by atoms with Gasteiger partial charge >= 0.3 is 0 Å². The minimum atomic E-state index is -0.308. The van der Waals surface area contributed by atoms with Gasteiger partial charge in [-0.1, -0.05) is 26.0 Å². The van der Waals surface area contributed by atoms with E-state index in [1.807, 2.05) is 32.0 Å². The van der Waals surface area contributed by atoms with Gasteiger partial charge in [-0.25, -0.2) is 0 Å². The van der Waals surface area contributed by atoms with Crippen LogP contribution in [0.15, 0.2) is 24.3 Å². The summed E-state index contributed by atoms with van der Waals surface area (Å²) in [5.41, 5.74) is 0.882. The van der Waals surface area contributed by atoms with Crippen molar-refractivity contribution in [3.63, 3.8) is 0 Å². The van der Waals surface area contributed by atoms with Crippen molar-refractivity contribution in [2.45, 2.75) is 58.7 Å². The zero-order valence-electron chi connectivity index (χ0n) is 12.7. The fourth-order valence-corrected chi connectivity index (χ4v) is 2.46. The predicted molar refractivity (Wildman–Crippen MR) is 79.6 cm³/mol. The third-order valence-corrected chi connectivity index (χ3v) is 3.05. The number of aliphatic hydroxyl groups excluding tert-OH is 1. The van der Waals surface area contributed by atoms with Gasteiger partial charge in [-0.2, -0.15) is 0 Å². The van der Waals surface area contributed by atoms with Crippen LogP contribution in [-0.4, -0.2) is 29.4 Å². The zero-order valence-corrected chi connectivity index (χ0v) is 12.7. The summed E-state index contributed by atoms with van der Waals surface area (Å²) in [6.07, 6.45) is 0.806. The molecule has 0 bridgehead atoms. The van der Waals surface area contributed by atoms with Gasteiger partial charge in [-0.15, -0.1) is 0 Å². The van der Waals surface area contributed by atoms with Crippen molar-refractivity contribution in [3.05, 3.63) is 29.8 Å². The molecule has 2 N–H and O–H groups in total. The molecule has 0 spiro atoms. The van der Waals surface area contributed by atoms with E-state index >= 15 is 0 Å². The molecule has 108 valence electrons. The zero-order chi connectivity index (χ0) is 14.5. The van der Waals surface area contributed by atoms with Crippen LogP contribution in [0.4, 0.5) is 0 Å². The lowest BCUT2D eigenvalue weighted by Gasteiger charge is -2.33. The molecule has 19 heavy (non-hydrogen) atoms. The van der Waals surface area contributed by atoms with E-state index in [4.69, 9.17) is 4.74 Å². The largest absolute Gasteiger partial charge is 0.491 e. The average molecular weight is 265 g/mol. The van der Waals surface area contributed by atoms with Gasteiger partial charge in [0.25, 0.3) is 0 Å². The van der Waals surface area contributed by atoms with E-state index in [1.165, 1.54) is 5.56 Å². The van der Waals surface area contributed by atoms with Gasteiger partial charge in [0.1, 0.15) is 5.75 Å². The third-order valence-electron chi connectivity index (χ3n) is 3.05. The number of hydrogen-bond donors (Lipinski definition) is 2. The van der Waals surface area contributed by atoms with Gasteiger partial charge in [-0.05, 0) is 38.5 Å². The van der Waals surface area contributed by atoms with Gasteiger partial charge in [0.05, 0.1) is 12.7 Å². The molecule has 0 aliphatic carbocycles. The third kappa shape index (κ3) is 5.62. The summed E-state index contributed by atoms with van der Waals surface area (Å²) in [5, 5.41) is 13.0. The Kier molecular flexibility index (Phi) is 5.83. The summed E-state index contributed by atoms with van der Waals surface area (Å²) < 4.78 is 5.92. The van der Waals surface area contributed by atoms with E-state index in [2.05, 4.69) is 32.2 Å². The van der Waals surface area contributed by atoms with Crippen molar-refractivity contribution in [2.75, 3.05) is 6.61 Å². The van der Waals surface area contributed by atoms with Gasteiger partial charge in [0, 0.05) is 18.0 Å². The van der Waals surface area contributed by atoms with Crippen molar-refractivity contribution in [1.82, 2.24) is 5.32 Å². The normalized spacial score (nSPS) is 16.2. The standard InChI is InChI=1S/C16H27NO2/c1-12(2)17-16(5,11-18)10-14(4)19-15-8-6-7-13(3)9-15/h6-9,12,14,17-18H,10-11H2,1-5H3. The number of nitrogens with one attached hydrogen (secondary N) is 1. The van der Waals surface area contributed by atoms with Crippen LogP contribution >= 0.6 is 0 Å². The summed E-state index contributed by atoms with van der Waals surface area (Å²) >= 11 is 0. The summed E-state index contributed by atoms with van der Waals surface area (Å²) in [4.78, 5) is 0. The highest BCUT2D eigenvalue weighted by molar-refractivity contribution is 5.27. The first-order valence-corrected chi connectivity index (χ1v) is 6.96. The molecule has 0 saturated carbocycles. The Morgan fingerprint density at radius 2 is 2.00 bits per heavy atom. The predicted octanol–water partition coefficient (Wildman–Crippen LogP) is 2.90. The minimum absolute atomic E-state index is 0.0465. The number of hydrogen-bond acceptors (Lipinski definition) is 3. The van der Waals surface area contributed by atoms with Crippen LogP contribution in [0.2, 0.25) is 0 Å². The fourth-order valence-electron chi connectivity index (χ4n) is 2.46. The Hall–Kier alpha value is -1.06. The van der Waals surface area contributed by atoms with E-state index in [0.29, 0.717) is 6.04 Å². The van der Waals surface area contributed by atoms with Gasteiger partial charge in [-0.3, -0.25) is 0 Å². The Balaban J connectivity index is 2.60. The SMILES string of the molecule is Cc1cccc(OC(C)CC(C)(CO)NC(C)C)c1. The Morgan fingerprint density at radius 1 is 1.32 bits per heavy atom. The molecule has 1 aromatic carbocycles. The molecule has 0 amide bonds. The fraction of sp³-hybridized carbons (Fsp3) is 0.625. The molecule has 0 aliphatic rings. The topological polar surface area (TPSA) is 41.5 Å². The molecule has 2 unspecified atom stereocenters. The molecular weight excluding hydrogens is 238 g/mol. The molecule has 0 radical (unpaired) electrons. The van der Waals surface area contributed by atoms with Crippen LogP contribution in [0.1, 0.15) is 39.7 Å². The number of aliphatic hydroxyl groups is 1. The molecule has 3 nitrogen and oxygen atoms in total. The minimum Gasteiger partial charge on any atom is -0.491 e. The Morgan fingerprint density at radius 3 is 2.53 bits per heavy atom. The van der Waals surface area contributed by atoms with Crippen molar-refractivity contribution < 1.29 is 9.84 Å². The van der Waals surface area contributed by atoms with Crippen LogP contribution < -0.4 is 10.1 Å². The summed E-state index contributed by atoms with van der Waals surface area (Å²) in [6.45, 7) is 10.4. The molecule has 2 atom stereocenters. The van der Waals surface area contributed by atoms with Gasteiger partial charge < -0.3 is 15.2 Å². The highest BCUT2D eigenvalue weighted by Crippen LogP contribution is 2.19. The van der Waals surface area contributed by atoms with Crippen molar-refractivity contribution in [2.24, 2.45) is 0 Å². The first-order valence-electron chi connectivity index (χ1n) is 6.96. The molecule has 3 heteroatoms. The molecule has 0 heterocycles.